The lowest BCUT2D eigenvalue weighted by Crippen LogP contribution is -2.65. The number of nitrogens with zero attached hydrogens (tertiary/aromatic N) is 2. The van der Waals surface area contributed by atoms with E-state index < -0.39 is 45.2 Å². The van der Waals surface area contributed by atoms with Gasteiger partial charge in [0.25, 0.3) is 0 Å². The zero-order valence-electron chi connectivity index (χ0n) is 26.3. The van der Waals surface area contributed by atoms with Crippen molar-refractivity contribution in [3.63, 3.8) is 0 Å². The van der Waals surface area contributed by atoms with Crippen LogP contribution >= 0.6 is 46.4 Å². The minimum atomic E-state index is -1.95. The standard InChI is InChI=1S/C33H38Cl4N2O7/c1-31(2,3)45-29(42)38-18-22-17-23(21-14-12-20(13-15-21)9-8-16-44-26-11-7-6-10-24(26)34)27(28(40)41)25(19-38)39(22)30(43)46-32(4,5)33(35,36)37/h6-7,10-15,22,25H,8-9,16-19H2,1-5H3,(H,40,41). The topological polar surface area (TPSA) is 106 Å². The molecule has 2 aliphatic heterocycles. The predicted molar refractivity (Wildman–Crippen MR) is 179 cm³/mol. The molecule has 1 fully saturated rings. The fraction of sp³-hybridized carbons (Fsp3) is 0.485. The van der Waals surface area contributed by atoms with Crippen LogP contribution in [-0.2, 0) is 20.7 Å². The monoisotopic (exact) mass is 714 g/mol. The highest BCUT2D eigenvalue weighted by Gasteiger charge is 2.51. The summed E-state index contributed by atoms with van der Waals surface area (Å²) in [6, 6.07) is 13.3. The second-order valence-corrected chi connectivity index (χ2v) is 15.5. The van der Waals surface area contributed by atoms with E-state index >= 15 is 0 Å². The number of amides is 2. The van der Waals surface area contributed by atoms with Gasteiger partial charge < -0.3 is 24.2 Å². The van der Waals surface area contributed by atoms with Gasteiger partial charge in [0.05, 0.1) is 29.3 Å². The maximum absolute atomic E-state index is 13.6. The molecule has 1 saturated heterocycles. The predicted octanol–water partition coefficient (Wildman–Crippen LogP) is 8.17. The molecule has 46 heavy (non-hydrogen) atoms. The molecule has 2 amide bonds. The molecule has 2 heterocycles. The van der Waals surface area contributed by atoms with Gasteiger partial charge in [0.2, 0.25) is 3.79 Å². The number of benzene rings is 2. The second kappa shape index (κ2) is 14.1. The van der Waals surface area contributed by atoms with Gasteiger partial charge >= 0.3 is 18.2 Å². The molecule has 0 saturated carbocycles. The number of fused-ring (bicyclic) bond motifs is 2. The van der Waals surface area contributed by atoms with Crippen LogP contribution in [0.3, 0.4) is 0 Å². The summed E-state index contributed by atoms with van der Waals surface area (Å²) in [7, 11) is 0. The quantitative estimate of drug-likeness (QED) is 0.217. The van der Waals surface area contributed by atoms with E-state index in [0.29, 0.717) is 28.5 Å². The van der Waals surface area contributed by atoms with Crippen LogP contribution in [0.1, 0.15) is 58.6 Å². The largest absolute Gasteiger partial charge is 0.492 e. The Hall–Kier alpha value is -2.85. The van der Waals surface area contributed by atoms with E-state index in [2.05, 4.69) is 0 Å². The summed E-state index contributed by atoms with van der Waals surface area (Å²) in [5.41, 5.74) is 0.0170. The summed E-state index contributed by atoms with van der Waals surface area (Å²) in [6.07, 6.45) is 0.186. The van der Waals surface area contributed by atoms with Crippen LogP contribution in [0.25, 0.3) is 5.57 Å². The third-order valence-electron chi connectivity index (χ3n) is 7.78. The Bertz CT molecular complexity index is 1480. The molecule has 1 N–H and O–H groups in total. The van der Waals surface area contributed by atoms with Crippen molar-refractivity contribution in [1.82, 2.24) is 9.80 Å². The van der Waals surface area contributed by atoms with Gasteiger partial charge in [-0.1, -0.05) is 82.8 Å². The zero-order valence-corrected chi connectivity index (χ0v) is 29.3. The van der Waals surface area contributed by atoms with E-state index in [0.717, 1.165) is 18.4 Å². The number of carbonyl (C=O) groups excluding carboxylic acids is 2. The number of carboxylic acid groups (broad SMARTS) is 1. The van der Waals surface area contributed by atoms with Crippen LogP contribution in [0.4, 0.5) is 9.59 Å². The molecule has 0 aliphatic carbocycles. The summed E-state index contributed by atoms with van der Waals surface area (Å²) < 4.78 is 15.1. The van der Waals surface area contributed by atoms with Crippen molar-refractivity contribution in [3.8, 4) is 5.75 Å². The first-order valence-electron chi connectivity index (χ1n) is 14.9. The Kier molecular flexibility index (Phi) is 11.0. The van der Waals surface area contributed by atoms with E-state index in [4.69, 9.17) is 60.6 Å². The fourth-order valence-corrected chi connectivity index (χ4v) is 5.73. The molecule has 2 aromatic rings. The van der Waals surface area contributed by atoms with Crippen molar-refractivity contribution < 1.29 is 33.7 Å². The molecule has 0 aromatic heterocycles. The van der Waals surface area contributed by atoms with Gasteiger partial charge in [-0.05, 0) is 82.7 Å². The lowest BCUT2D eigenvalue weighted by Gasteiger charge is -2.50. The minimum absolute atomic E-state index is 0.0194. The zero-order chi connectivity index (χ0) is 34.0. The number of ether oxygens (including phenoxy) is 3. The Morgan fingerprint density at radius 2 is 1.57 bits per heavy atom. The number of aliphatic carboxylic acids is 1. The number of hydrogen-bond acceptors (Lipinski definition) is 6. The molecule has 2 bridgehead atoms. The van der Waals surface area contributed by atoms with E-state index in [1.165, 1.54) is 23.6 Å². The van der Waals surface area contributed by atoms with Crippen molar-refractivity contribution in [2.75, 3.05) is 19.7 Å². The number of para-hydroxylation sites is 1. The molecule has 250 valence electrons. The fourth-order valence-electron chi connectivity index (χ4n) is 5.43. The highest BCUT2D eigenvalue weighted by atomic mass is 35.6. The first kappa shape index (κ1) is 36.0. The SMILES string of the molecule is CC(C)(C)OC(=O)N1CC2CC(c3ccc(CCCOc4ccccc4Cl)cc3)=C(C(=O)O)C(C1)N2C(=O)OC(C)(C)C(Cl)(Cl)Cl. The number of hydrogen-bond donors (Lipinski definition) is 1. The first-order valence-corrected chi connectivity index (χ1v) is 16.4. The smallest absolute Gasteiger partial charge is 0.411 e. The third kappa shape index (κ3) is 8.54. The van der Waals surface area contributed by atoms with Gasteiger partial charge in [-0.25, -0.2) is 14.4 Å². The van der Waals surface area contributed by atoms with E-state index in [1.54, 1.807) is 26.8 Å². The molecule has 0 radical (unpaired) electrons. The van der Waals surface area contributed by atoms with Gasteiger partial charge in [-0.3, -0.25) is 4.90 Å². The van der Waals surface area contributed by atoms with Crippen molar-refractivity contribution in [3.05, 3.63) is 70.3 Å². The number of alkyl halides is 3. The molecule has 2 unspecified atom stereocenters. The number of carboxylic acids is 1. The number of carbonyl (C=O) groups is 3. The molecule has 2 atom stereocenters. The van der Waals surface area contributed by atoms with Crippen molar-refractivity contribution in [2.45, 2.75) is 81.0 Å². The lowest BCUT2D eigenvalue weighted by molar-refractivity contribution is -0.134. The van der Waals surface area contributed by atoms with Crippen molar-refractivity contribution in [1.29, 1.82) is 0 Å². The van der Waals surface area contributed by atoms with Crippen LogP contribution in [0, 0.1) is 0 Å². The summed E-state index contributed by atoms with van der Waals surface area (Å²) in [6.45, 7) is 8.59. The maximum atomic E-state index is 13.6. The first-order chi connectivity index (χ1) is 21.4. The highest BCUT2D eigenvalue weighted by molar-refractivity contribution is 6.68. The average molecular weight is 716 g/mol. The number of rotatable bonds is 8. The van der Waals surface area contributed by atoms with Gasteiger partial charge in [0.1, 0.15) is 11.4 Å². The van der Waals surface area contributed by atoms with E-state index in [9.17, 15) is 19.5 Å². The molecular weight excluding hydrogens is 678 g/mol. The highest BCUT2D eigenvalue weighted by Crippen LogP contribution is 2.43. The van der Waals surface area contributed by atoms with Gasteiger partial charge in [0.15, 0.2) is 5.60 Å². The Morgan fingerprint density at radius 1 is 0.913 bits per heavy atom. The minimum Gasteiger partial charge on any atom is -0.492 e. The summed E-state index contributed by atoms with van der Waals surface area (Å²) in [4.78, 5) is 42.4. The molecule has 2 aliphatic rings. The average Bonchev–Trinajstić information content (AvgIpc) is 2.93. The van der Waals surface area contributed by atoms with Crippen LogP contribution in [-0.4, -0.2) is 79.8 Å². The summed E-state index contributed by atoms with van der Waals surface area (Å²) in [5, 5.41) is 11.1. The Labute approximate surface area is 289 Å². The molecular formula is C33H38Cl4N2O7. The Morgan fingerprint density at radius 3 is 2.15 bits per heavy atom. The summed E-state index contributed by atoms with van der Waals surface area (Å²) in [5.74, 6) is -0.585. The van der Waals surface area contributed by atoms with Crippen molar-refractivity contribution >= 4 is 70.1 Å². The third-order valence-corrected chi connectivity index (χ3v) is 9.45. The van der Waals surface area contributed by atoms with E-state index in [-0.39, 0.29) is 25.1 Å². The van der Waals surface area contributed by atoms with Gasteiger partial charge in [-0.2, -0.15) is 0 Å². The van der Waals surface area contributed by atoms with Gasteiger partial charge in [0, 0.05) is 13.1 Å². The van der Waals surface area contributed by atoms with Crippen LogP contribution < -0.4 is 4.74 Å². The number of aryl methyl sites for hydroxylation is 1. The Balaban J connectivity index is 1.59. The number of piperazine rings is 1. The van der Waals surface area contributed by atoms with Crippen LogP contribution in [0.15, 0.2) is 54.1 Å². The summed E-state index contributed by atoms with van der Waals surface area (Å²) >= 11 is 24.4. The molecule has 4 rings (SSSR count). The van der Waals surface area contributed by atoms with Gasteiger partial charge in [-0.15, -0.1) is 0 Å². The van der Waals surface area contributed by atoms with Crippen LogP contribution in [0.2, 0.25) is 5.02 Å². The van der Waals surface area contributed by atoms with E-state index in [1.807, 2.05) is 42.5 Å². The second-order valence-electron chi connectivity index (χ2n) is 12.8. The van der Waals surface area contributed by atoms with Crippen molar-refractivity contribution in [2.24, 2.45) is 0 Å². The molecule has 0 spiro atoms. The lowest BCUT2D eigenvalue weighted by atomic mass is 9.82. The molecule has 2 aromatic carbocycles. The molecule has 9 nitrogen and oxygen atoms in total. The maximum Gasteiger partial charge on any atom is 0.411 e. The molecule has 13 heteroatoms. The number of halogens is 4. The normalized spacial score (nSPS) is 18.7. The van der Waals surface area contributed by atoms with Crippen LogP contribution in [0.5, 0.6) is 5.75 Å².